The molecule has 0 fully saturated rings. The van der Waals surface area contributed by atoms with Gasteiger partial charge >= 0.3 is 0 Å². The molecule has 0 saturated carbocycles. The topological polar surface area (TPSA) is 47.8 Å². The number of halogens is 1. The van der Waals surface area contributed by atoms with Gasteiger partial charge in [-0.1, -0.05) is 11.6 Å². The minimum Gasteiger partial charge on any atom is -0.318 e. The molecule has 5 heteroatoms. The molecule has 0 aromatic carbocycles. The Morgan fingerprint density at radius 1 is 1.43 bits per heavy atom. The van der Waals surface area contributed by atoms with Crippen LogP contribution in [0.5, 0.6) is 0 Å². The van der Waals surface area contributed by atoms with Crippen molar-refractivity contribution < 1.29 is 0 Å². The minimum absolute atomic E-state index is 0.148. The molecular formula is C9H8ClN3O. The van der Waals surface area contributed by atoms with Gasteiger partial charge < -0.3 is 4.57 Å². The van der Waals surface area contributed by atoms with Gasteiger partial charge in [0.25, 0.3) is 5.56 Å². The predicted molar refractivity (Wildman–Crippen MR) is 54.5 cm³/mol. The lowest BCUT2D eigenvalue weighted by molar-refractivity contribution is 0.868. The van der Waals surface area contributed by atoms with E-state index in [4.69, 9.17) is 11.6 Å². The highest BCUT2D eigenvalue weighted by Crippen LogP contribution is 2.18. The maximum Gasteiger partial charge on any atom is 0.261 e. The number of aromatic nitrogens is 3. The molecule has 0 N–H and O–H groups in total. The van der Waals surface area contributed by atoms with Crippen molar-refractivity contribution in [2.24, 2.45) is 7.05 Å². The van der Waals surface area contributed by atoms with Crippen LogP contribution in [0.2, 0.25) is 5.15 Å². The van der Waals surface area contributed by atoms with E-state index in [1.54, 1.807) is 20.2 Å². The lowest BCUT2D eigenvalue weighted by Crippen LogP contribution is -2.17. The molecule has 0 aliphatic rings. The summed E-state index contributed by atoms with van der Waals surface area (Å²) in [5.41, 5.74) is 0.563. The molecule has 72 valence electrons. The Bertz CT molecular complexity index is 562. The highest BCUT2D eigenvalue weighted by Gasteiger charge is 2.08. The van der Waals surface area contributed by atoms with Crippen molar-refractivity contribution in [2.75, 3.05) is 0 Å². The standard InChI is InChI=1S/C9H8ClN3O/c1-5-6-3-4-13(2)9(14)7(6)8(10)12-11-5/h3-4H,1-2H3. The average molecular weight is 210 g/mol. The maximum atomic E-state index is 11.7. The summed E-state index contributed by atoms with van der Waals surface area (Å²) in [6.45, 7) is 1.80. The van der Waals surface area contributed by atoms with Crippen LogP contribution >= 0.6 is 11.6 Å². The second-order valence-corrected chi connectivity index (χ2v) is 3.45. The number of hydrogen-bond donors (Lipinski definition) is 0. The largest absolute Gasteiger partial charge is 0.318 e. The summed E-state index contributed by atoms with van der Waals surface area (Å²) in [5.74, 6) is 0. The molecule has 0 aliphatic carbocycles. The smallest absolute Gasteiger partial charge is 0.261 e. The van der Waals surface area contributed by atoms with Crippen LogP contribution in [0, 0.1) is 6.92 Å². The van der Waals surface area contributed by atoms with Crippen molar-refractivity contribution in [3.05, 3.63) is 33.5 Å². The van der Waals surface area contributed by atoms with Crippen molar-refractivity contribution >= 4 is 22.4 Å². The Labute approximate surface area is 85.1 Å². The van der Waals surface area contributed by atoms with Crippen LogP contribution in [-0.2, 0) is 7.05 Å². The summed E-state index contributed by atoms with van der Waals surface area (Å²) in [6, 6.07) is 1.81. The Morgan fingerprint density at radius 3 is 2.86 bits per heavy atom. The van der Waals surface area contributed by atoms with E-state index in [0.29, 0.717) is 11.1 Å². The van der Waals surface area contributed by atoms with E-state index in [2.05, 4.69) is 10.2 Å². The van der Waals surface area contributed by atoms with Gasteiger partial charge in [0.2, 0.25) is 0 Å². The fraction of sp³-hybridized carbons (Fsp3) is 0.222. The number of fused-ring (bicyclic) bond motifs is 1. The predicted octanol–water partition coefficient (Wildman–Crippen LogP) is 1.29. The molecule has 0 atom stereocenters. The van der Waals surface area contributed by atoms with Crippen LogP contribution < -0.4 is 5.56 Å². The summed E-state index contributed by atoms with van der Waals surface area (Å²) in [6.07, 6.45) is 1.69. The van der Waals surface area contributed by atoms with Crippen molar-refractivity contribution in [3.8, 4) is 0 Å². The van der Waals surface area contributed by atoms with Gasteiger partial charge in [-0.15, -0.1) is 5.10 Å². The van der Waals surface area contributed by atoms with Gasteiger partial charge in [0.1, 0.15) is 0 Å². The molecular weight excluding hydrogens is 202 g/mol. The molecule has 0 radical (unpaired) electrons. The molecule has 2 heterocycles. The minimum atomic E-state index is -0.148. The van der Waals surface area contributed by atoms with E-state index in [0.717, 1.165) is 5.39 Å². The van der Waals surface area contributed by atoms with Crippen LogP contribution in [0.15, 0.2) is 17.1 Å². The van der Waals surface area contributed by atoms with E-state index in [1.165, 1.54) is 4.57 Å². The molecule has 4 nitrogen and oxygen atoms in total. The van der Waals surface area contributed by atoms with Crippen LogP contribution in [0.25, 0.3) is 10.8 Å². The molecule has 0 unspecified atom stereocenters. The molecule has 2 aromatic heterocycles. The second-order valence-electron chi connectivity index (χ2n) is 3.10. The summed E-state index contributed by atoms with van der Waals surface area (Å²) >= 11 is 5.82. The molecule has 14 heavy (non-hydrogen) atoms. The van der Waals surface area contributed by atoms with E-state index >= 15 is 0 Å². The van der Waals surface area contributed by atoms with Crippen molar-refractivity contribution in [2.45, 2.75) is 6.92 Å². The lowest BCUT2D eigenvalue weighted by Gasteiger charge is -2.03. The molecule has 0 saturated heterocycles. The van der Waals surface area contributed by atoms with Gasteiger partial charge in [0.15, 0.2) is 5.15 Å². The summed E-state index contributed by atoms with van der Waals surface area (Å²) in [7, 11) is 1.67. The number of hydrogen-bond acceptors (Lipinski definition) is 3. The summed E-state index contributed by atoms with van der Waals surface area (Å²) in [4.78, 5) is 11.7. The van der Waals surface area contributed by atoms with E-state index in [9.17, 15) is 4.79 Å². The third kappa shape index (κ3) is 1.19. The molecule has 0 bridgehead atoms. The van der Waals surface area contributed by atoms with Gasteiger partial charge in [0.05, 0.1) is 11.1 Å². The zero-order valence-corrected chi connectivity index (χ0v) is 8.54. The first-order valence-electron chi connectivity index (χ1n) is 4.09. The van der Waals surface area contributed by atoms with Crippen LogP contribution in [0.3, 0.4) is 0 Å². The van der Waals surface area contributed by atoms with Crippen LogP contribution in [-0.4, -0.2) is 14.8 Å². The fourth-order valence-corrected chi connectivity index (χ4v) is 1.57. The van der Waals surface area contributed by atoms with Gasteiger partial charge in [-0.05, 0) is 13.0 Å². The number of rotatable bonds is 0. The number of aryl methyl sites for hydroxylation is 2. The maximum absolute atomic E-state index is 11.7. The monoisotopic (exact) mass is 209 g/mol. The molecule has 0 aliphatic heterocycles. The average Bonchev–Trinajstić information content (AvgIpc) is 2.16. The van der Waals surface area contributed by atoms with E-state index in [1.807, 2.05) is 6.07 Å². The molecule has 0 amide bonds. The highest BCUT2D eigenvalue weighted by molar-refractivity contribution is 6.34. The normalized spacial score (nSPS) is 10.8. The first-order valence-corrected chi connectivity index (χ1v) is 4.47. The molecule has 0 spiro atoms. The fourth-order valence-electron chi connectivity index (χ4n) is 1.35. The van der Waals surface area contributed by atoms with Gasteiger partial charge in [-0.2, -0.15) is 5.10 Å². The number of pyridine rings is 1. The van der Waals surface area contributed by atoms with Crippen molar-refractivity contribution in [3.63, 3.8) is 0 Å². The third-order valence-electron chi connectivity index (χ3n) is 2.15. The highest BCUT2D eigenvalue weighted by atomic mass is 35.5. The SMILES string of the molecule is Cc1nnc(Cl)c2c(=O)n(C)ccc12. The first kappa shape index (κ1) is 9.15. The van der Waals surface area contributed by atoms with Gasteiger partial charge in [-0.3, -0.25) is 4.79 Å². The third-order valence-corrected chi connectivity index (χ3v) is 2.42. The Hall–Kier alpha value is -1.42. The van der Waals surface area contributed by atoms with Crippen molar-refractivity contribution in [1.82, 2.24) is 14.8 Å². The van der Waals surface area contributed by atoms with Crippen LogP contribution in [0.4, 0.5) is 0 Å². The lowest BCUT2D eigenvalue weighted by atomic mass is 10.2. The zero-order valence-electron chi connectivity index (χ0n) is 7.78. The van der Waals surface area contributed by atoms with Gasteiger partial charge in [-0.25, -0.2) is 0 Å². The molecule has 2 rings (SSSR count). The summed E-state index contributed by atoms with van der Waals surface area (Å²) in [5, 5.41) is 8.91. The Kier molecular flexibility index (Phi) is 2.00. The zero-order chi connectivity index (χ0) is 10.3. The Morgan fingerprint density at radius 2 is 2.14 bits per heavy atom. The van der Waals surface area contributed by atoms with E-state index in [-0.39, 0.29) is 10.7 Å². The quantitative estimate of drug-likeness (QED) is 0.657. The second kappa shape index (κ2) is 3.06. The molecule has 2 aromatic rings. The van der Waals surface area contributed by atoms with E-state index < -0.39 is 0 Å². The van der Waals surface area contributed by atoms with Crippen molar-refractivity contribution in [1.29, 1.82) is 0 Å². The Balaban J connectivity index is 3.09. The number of nitrogens with zero attached hydrogens (tertiary/aromatic N) is 3. The first-order chi connectivity index (χ1) is 6.61. The van der Waals surface area contributed by atoms with Crippen LogP contribution in [0.1, 0.15) is 5.69 Å². The summed E-state index contributed by atoms with van der Waals surface area (Å²) < 4.78 is 1.47. The van der Waals surface area contributed by atoms with Gasteiger partial charge in [0, 0.05) is 18.6 Å².